The zero-order valence-electron chi connectivity index (χ0n) is 11.0. The first kappa shape index (κ1) is 14.0. The van der Waals surface area contributed by atoms with Gasteiger partial charge in [-0.1, -0.05) is 36.8 Å². The molecule has 2 rings (SSSR count). The molecule has 0 radical (unpaired) electrons. The highest BCUT2D eigenvalue weighted by Crippen LogP contribution is 2.36. The predicted octanol–water partition coefficient (Wildman–Crippen LogP) is 2.92. The lowest BCUT2D eigenvalue weighted by Gasteiger charge is -2.27. The first-order chi connectivity index (χ1) is 9.23. The van der Waals surface area contributed by atoms with Crippen LogP contribution in [-0.4, -0.2) is 24.3 Å². The second-order valence-electron chi connectivity index (χ2n) is 4.77. The molecule has 0 spiro atoms. The molecule has 0 aliphatic carbocycles. The Morgan fingerprint density at radius 3 is 2.42 bits per heavy atom. The van der Waals surface area contributed by atoms with Gasteiger partial charge in [0.1, 0.15) is 0 Å². The van der Waals surface area contributed by atoms with Crippen molar-refractivity contribution in [2.45, 2.75) is 37.9 Å². The lowest BCUT2D eigenvalue weighted by molar-refractivity contribution is -0.171. The highest BCUT2D eigenvalue weighted by molar-refractivity contribution is 5.66. The molecule has 1 N–H and O–H groups in total. The molecule has 0 bridgehead atoms. The number of hydrogen-bond acceptors (Lipinski definition) is 3. The topological polar surface area (TPSA) is 55.8 Å². The second kappa shape index (κ2) is 6.68. The summed E-state index contributed by atoms with van der Waals surface area (Å²) in [6.07, 6.45) is 3.51. The van der Waals surface area contributed by atoms with Crippen LogP contribution in [0.2, 0.25) is 0 Å². The molecule has 0 amide bonds. The van der Waals surface area contributed by atoms with Gasteiger partial charge in [0.15, 0.2) is 5.79 Å². The fourth-order valence-corrected chi connectivity index (χ4v) is 2.41. The predicted molar refractivity (Wildman–Crippen MR) is 70.7 cm³/mol. The number of carboxylic acids is 1. The van der Waals surface area contributed by atoms with Gasteiger partial charge in [0.25, 0.3) is 0 Å². The average molecular weight is 264 g/mol. The van der Waals surface area contributed by atoms with Gasteiger partial charge in [-0.05, 0) is 12.8 Å². The first-order valence-corrected chi connectivity index (χ1v) is 6.78. The van der Waals surface area contributed by atoms with Gasteiger partial charge in [0, 0.05) is 18.4 Å². The Morgan fingerprint density at radius 2 is 1.79 bits per heavy atom. The molecule has 1 saturated heterocycles. The number of aliphatic carboxylic acids is 1. The van der Waals surface area contributed by atoms with E-state index in [1.807, 2.05) is 30.3 Å². The molecule has 1 aliphatic heterocycles. The van der Waals surface area contributed by atoms with Crippen LogP contribution in [0.1, 0.15) is 37.7 Å². The molecule has 19 heavy (non-hydrogen) atoms. The standard InChI is InChI=1S/C15H20O4/c16-14(17)9-5-2-6-10-15(18-11-12-19-15)13-7-3-1-4-8-13/h1,3-4,7-8H,2,5-6,9-12H2,(H,16,17). The monoisotopic (exact) mass is 264 g/mol. The number of rotatable bonds is 7. The summed E-state index contributed by atoms with van der Waals surface area (Å²) >= 11 is 0. The SMILES string of the molecule is O=C(O)CCCCCC1(c2ccccc2)OCCO1. The zero-order valence-corrected chi connectivity index (χ0v) is 11.0. The van der Waals surface area contributed by atoms with Crippen molar-refractivity contribution in [1.29, 1.82) is 0 Å². The molecule has 0 saturated carbocycles. The van der Waals surface area contributed by atoms with Gasteiger partial charge in [-0.2, -0.15) is 0 Å². The van der Waals surface area contributed by atoms with Crippen molar-refractivity contribution in [3.8, 4) is 0 Å². The summed E-state index contributed by atoms with van der Waals surface area (Å²) in [4.78, 5) is 10.5. The van der Waals surface area contributed by atoms with Crippen LogP contribution < -0.4 is 0 Å². The second-order valence-corrected chi connectivity index (χ2v) is 4.77. The number of ether oxygens (including phenoxy) is 2. The van der Waals surface area contributed by atoms with E-state index in [0.717, 1.165) is 24.8 Å². The normalized spacial score (nSPS) is 17.5. The van der Waals surface area contributed by atoms with Gasteiger partial charge >= 0.3 is 5.97 Å². The molecule has 1 fully saturated rings. The highest BCUT2D eigenvalue weighted by Gasteiger charge is 2.37. The van der Waals surface area contributed by atoms with E-state index in [1.165, 1.54) is 0 Å². The Balaban J connectivity index is 1.88. The van der Waals surface area contributed by atoms with E-state index in [1.54, 1.807) is 0 Å². The lowest BCUT2D eigenvalue weighted by atomic mass is 9.98. The number of carbonyl (C=O) groups is 1. The Hall–Kier alpha value is -1.39. The molecule has 1 heterocycles. The molecule has 0 atom stereocenters. The highest BCUT2D eigenvalue weighted by atomic mass is 16.7. The van der Waals surface area contributed by atoms with E-state index in [-0.39, 0.29) is 6.42 Å². The van der Waals surface area contributed by atoms with E-state index in [9.17, 15) is 4.79 Å². The van der Waals surface area contributed by atoms with Crippen LogP contribution in [0.25, 0.3) is 0 Å². The van der Waals surface area contributed by atoms with Crippen LogP contribution in [0.5, 0.6) is 0 Å². The summed E-state index contributed by atoms with van der Waals surface area (Å²) in [5.74, 6) is -1.35. The van der Waals surface area contributed by atoms with Gasteiger partial charge in [-0.15, -0.1) is 0 Å². The van der Waals surface area contributed by atoms with Gasteiger partial charge in [0.05, 0.1) is 13.2 Å². The van der Waals surface area contributed by atoms with E-state index in [0.29, 0.717) is 19.6 Å². The van der Waals surface area contributed by atoms with Gasteiger partial charge in [0.2, 0.25) is 0 Å². The molecule has 4 heteroatoms. The maximum atomic E-state index is 10.5. The maximum absolute atomic E-state index is 10.5. The molecule has 4 nitrogen and oxygen atoms in total. The molecular weight excluding hydrogens is 244 g/mol. The quantitative estimate of drug-likeness (QED) is 0.769. The van der Waals surface area contributed by atoms with Crippen molar-refractivity contribution in [1.82, 2.24) is 0 Å². The zero-order chi connectivity index (χ0) is 13.6. The van der Waals surface area contributed by atoms with E-state index < -0.39 is 11.8 Å². The minimum absolute atomic E-state index is 0.236. The van der Waals surface area contributed by atoms with Crippen molar-refractivity contribution in [2.24, 2.45) is 0 Å². The molecule has 104 valence electrons. The summed E-state index contributed by atoms with van der Waals surface area (Å²) in [5, 5.41) is 8.60. The minimum Gasteiger partial charge on any atom is -0.481 e. The Labute approximate surface area is 113 Å². The van der Waals surface area contributed by atoms with Crippen LogP contribution in [-0.2, 0) is 20.1 Å². The summed E-state index contributed by atoms with van der Waals surface area (Å²) in [6, 6.07) is 9.96. The Kier molecular flexibility index (Phi) is 4.93. The first-order valence-electron chi connectivity index (χ1n) is 6.78. The average Bonchev–Trinajstić information content (AvgIpc) is 2.89. The third-order valence-electron chi connectivity index (χ3n) is 3.36. The Morgan fingerprint density at radius 1 is 1.11 bits per heavy atom. The van der Waals surface area contributed by atoms with Gasteiger partial charge in [-0.25, -0.2) is 0 Å². The summed E-state index contributed by atoms with van der Waals surface area (Å²) in [7, 11) is 0. The molecule has 0 unspecified atom stereocenters. The lowest BCUT2D eigenvalue weighted by Crippen LogP contribution is -2.27. The van der Waals surface area contributed by atoms with Crippen molar-refractivity contribution < 1.29 is 19.4 Å². The smallest absolute Gasteiger partial charge is 0.303 e. The van der Waals surface area contributed by atoms with E-state index in [4.69, 9.17) is 14.6 Å². The van der Waals surface area contributed by atoms with Crippen molar-refractivity contribution >= 4 is 5.97 Å². The summed E-state index contributed by atoms with van der Waals surface area (Å²) in [6.45, 7) is 1.23. The third-order valence-corrected chi connectivity index (χ3v) is 3.36. The maximum Gasteiger partial charge on any atom is 0.303 e. The van der Waals surface area contributed by atoms with E-state index >= 15 is 0 Å². The van der Waals surface area contributed by atoms with Crippen molar-refractivity contribution in [2.75, 3.05) is 13.2 Å². The fourth-order valence-electron chi connectivity index (χ4n) is 2.41. The number of benzene rings is 1. The number of unbranched alkanes of at least 4 members (excludes halogenated alkanes) is 2. The summed E-state index contributed by atoms with van der Waals surface area (Å²) < 4.78 is 11.6. The number of carboxylic acid groups (broad SMARTS) is 1. The fraction of sp³-hybridized carbons (Fsp3) is 0.533. The van der Waals surface area contributed by atoms with Crippen molar-refractivity contribution in [3.05, 3.63) is 35.9 Å². The molecular formula is C15H20O4. The van der Waals surface area contributed by atoms with Crippen molar-refractivity contribution in [3.63, 3.8) is 0 Å². The van der Waals surface area contributed by atoms with E-state index in [2.05, 4.69) is 0 Å². The largest absolute Gasteiger partial charge is 0.481 e. The molecule has 1 aliphatic rings. The Bertz CT molecular complexity index is 396. The van der Waals surface area contributed by atoms with Crippen LogP contribution in [0.4, 0.5) is 0 Å². The molecule has 1 aromatic rings. The van der Waals surface area contributed by atoms with Crippen LogP contribution in [0, 0.1) is 0 Å². The minimum atomic E-state index is -0.730. The van der Waals surface area contributed by atoms with Gasteiger partial charge < -0.3 is 14.6 Å². The molecule has 1 aromatic carbocycles. The molecule has 0 aromatic heterocycles. The number of hydrogen-bond donors (Lipinski definition) is 1. The van der Waals surface area contributed by atoms with Crippen LogP contribution in [0.15, 0.2) is 30.3 Å². The third kappa shape index (κ3) is 3.78. The van der Waals surface area contributed by atoms with Crippen LogP contribution in [0.3, 0.4) is 0 Å². The summed E-state index contributed by atoms with van der Waals surface area (Å²) in [5.41, 5.74) is 1.05. The van der Waals surface area contributed by atoms with Crippen LogP contribution >= 0.6 is 0 Å². The van der Waals surface area contributed by atoms with Gasteiger partial charge in [-0.3, -0.25) is 4.79 Å².